The number of aryl methyl sites for hydroxylation is 4. The van der Waals surface area contributed by atoms with Crippen molar-refractivity contribution in [2.24, 2.45) is 0 Å². The van der Waals surface area contributed by atoms with Crippen LogP contribution in [0.4, 0.5) is 11.4 Å². The predicted molar refractivity (Wildman–Crippen MR) is 90.0 cm³/mol. The maximum atomic E-state index is 2.37. The van der Waals surface area contributed by atoms with Crippen LogP contribution in [0, 0.1) is 27.7 Å². The molecule has 0 saturated carbocycles. The zero-order valence-electron chi connectivity index (χ0n) is 13.4. The summed E-state index contributed by atoms with van der Waals surface area (Å²) in [6, 6.07) is 13.3. The molecule has 0 saturated heterocycles. The SMILES string of the molecule is Cc1ccc(C)c(N2C=[N+](c3cc(C)ccc3C)CC2)c1. The summed E-state index contributed by atoms with van der Waals surface area (Å²) in [6.07, 6.45) is 2.25. The Bertz CT molecular complexity index is 714. The van der Waals surface area contributed by atoms with Gasteiger partial charge < -0.3 is 0 Å². The molecule has 0 atom stereocenters. The highest BCUT2D eigenvalue weighted by Gasteiger charge is 2.24. The van der Waals surface area contributed by atoms with E-state index in [1.54, 1.807) is 0 Å². The third kappa shape index (κ3) is 2.71. The molecule has 108 valence electrons. The fourth-order valence-electron chi connectivity index (χ4n) is 2.92. The van der Waals surface area contributed by atoms with Crippen LogP contribution >= 0.6 is 0 Å². The van der Waals surface area contributed by atoms with Gasteiger partial charge in [-0.15, -0.1) is 0 Å². The van der Waals surface area contributed by atoms with Crippen LogP contribution in [0.3, 0.4) is 0 Å². The van der Waals surface area contributed by atoms with Crippen LogP contribution in [-0.2, 0) is 0 Å². The lowest BCUT2D eigenvalue weighted by Gasteiger charge is -2.10. The fraction of sp³-hybridized carbons (Fsp3) is 0.316. The zero-order valence-corrected chi connectivity index (χ0v) is 13.4. The van der Waals surface area contributed by atoms with E-state index in [0.29, 0.717) is 0 Å². The second-order valence-corrected chi connectivity index (χ2v) is 6.08. The normalized spacial score (nSPS) is 14.5. The molecule has 0 unspecified atom stereocenters. The summed E-state index contributed by atoms with van der Waals surface area (Å²) in [5.41, 5.74) is 7.94. The molecule has 0 spiro atoms. The molecule has 0 radical (unpaired) electrons. The molecular weight excluding hydrogens is 256 g/mol. The van der Waals surface area contributed by atoms with E-state index in [1.165, 1.54) is 33.6 Å². The maximum absolute atomic E-state index is 2.37. The van der Waals surface area contributed by atoms with Crippen LogP contribution < -0.4 is 4.90 Å². The molecule has 2 aromatic carbocycles. The van der Waals surface area contributed by atoms with Gasteiger partial charge in [0.1, 0.15) is 24.5 Å². The second kappa shape index (κ2) is 5.36. The van der Waals surface area contributed by atoms with Gasteiger partial charge in [-0.3, -0.25) is 0 Å². The monoisotopic (exact) mass is 279 g/mol. The van der Waals surface area contributed by atoms with Gasteiger partial charge in [0.25, 0.3) is 0 Å². The molecule has 2 aromatic rings. The third-order valence-electron chi connectivity index (χ3n) is 4.21. The Labute approximate surface area is 127 Å². The minimum Gasteiger partial charge on any atom is -0.229 e. The van der Waals surface area contributed by atoms with Gasteiger partial charge in [0.2, 0.25) is 6.34 Å². The van der Waals surface area contributed by atoms with Gasteiger partial charge in [-0.05, 0) is 62.1 Å². The molecule has 1 aliphatic heterocycles. The molecule has 21 heavy (non-hydrogen) atoms. The highest BCUT2D eigenvalue weighted by molar-refractivity contribution is 5.80. The number of rotatable bonds is 2. The van der Waals surface area contributed by atoms with Crippen molar-refractivity contribution in [2.45, 2.75) is 27.7 Å². The number of hydrogen-bond acceptors (Lipinski definition) is 1. The maximum Gasteiger partial charge on any atom is 0.244 e. The van der Waals surface area contributed by atoms with Gasteiger partial charge in [0, 0.05) is 0 Å². The van der Waals surface area contributed by atoms with Gasteiger partial charge in [-0.2, -0.15) is 0 Å². The van der Waals surface area contributed by atoms with Crippen molar-refractivity contribution in [1.82, 2.24) is 0 Å². The first-order valence-corrected chi connectivity index (χ1v) is 7.57. The van der Waals surface area contributed by atoms with Crippen molar-refractivity contribution < 1.29 is 4.58 Å². The molecule has 0 N–H and O–H groups in total. The van der Waals surface area contributed by atoms with E-state index in [-0.39, 0.29) is 0 Å². The molecule has 3 rings (SSSR count). The fourth-order valence-corrected chi connectivity index (χ4v) is 2.92. The molecule has 0 amide bonds. The topological polar surface area (TPSA) is 6.25 Å². The highest BCUT2D eigenvalue weighted by Crippen LogP contribution is 2.25. The lowest BCUT2D eigenvalue weighted by molar-refractivity contribution is -0.424. The highest BCUT2D eigenvalue weighted by atomic mass is 15.3. The van der Waals surface area contributed by atoms with E-state index in [9.17, 15) is 0 Å². The van der Waals surface area contributed by atoms with E-state index in [2.05, 4.69) is 79.9 Å². The van der Waals surface area contributed by atoms with Crippen molar-refractivity contribution in [3.63, 3.8) is 0 Å². The second-order valence-electron chi connectivity index (χ2n) is 6.08. The quantitative estimate of drug-likeness (QED) is 0.750. The Morgan fingerprint density at radius 1 is 0.857 bits per heavy atom. The smallest absolute Gasteiger partial charge is 0.229 e. The van der Waals surface area contributed by atoms with Gasteiger partial charge in [0.15, 0.2) is 0 Å². The molecule has 0 aliphatic carbocycles. The Kier molecular flexibility index (Phi) is 3.54. The average Bonchev–Trinajstić information content (AvgIpc) is 2.93. The number of anilines is 1. The first-order valence-electron chi connectivity index (χ1n) is 7.57. The molecule has 0 fully saturated rings. The first-order chi connectivity index (χ1) is 10.0. The van der Waals surface area contributed by atoms with E-state index in [0.717, 1.165) is 13.1 Å². The molecule has 1 heterocycles. The molecule has 0 aromatic heterocycles. The van der Waals surface area contributed by atoms with Crippen LogP contribution in [-0.4, -0.2) is 24.0 Å². The summed E-state index contributed by atoms with van der Waals surface area (Å²) in [5.74, 6) is 0. The zero-order chi connectivity index (χ0) is 15.0. The minimum absolute atomic E-state index is 1.04. The van der Waals surface area contributed by atoms with Crippen molar-refractivity contribution in [3.8, 4) is 0 Å². The summed E-state index contributed by atoms with van der Waals surface area (Å²) in [6.45, 7) is 10.8. The summed E-state index contributed by atoms with van der Waals surface area (Å²) in [4.78, 5) is 2.37. The van der Waals surface area contributed by atoms with Crippen LogP contribution in [0.5, 0.6) is 0 Å². The first kappa shape index (κ1) is 13.9. The predicted octanol–water partition coefficient (Wildman–Crippen LogP) is 4.11. The van der Waals surface area contributed by atoms with E-state index in [4.69, 9.17) is 0 Å². The summed E-state index contributed by atoms with van der Waals surface area (Å²) in [7, 11) is 0. The molecule has 1 aliphatic rings. The minimum atomic E-state index is 1.04. The van der Waals surface area contributed by atoms with Gasteiger partial charge >= 0.3 is 0 Å². The average molecular weight is 279 g/mol. The van der Waals surface area contributed by atoms with Crippen LogP contribution in [0.1, 0.15) is 22.3 Å². The largest absolute Gasteiger partial charge is 0.244 e. The Morgan fingerprint density at radius 3 is 2.29 bits per heavy atom. The van der Waals surface area contributed by atoms with Gasteiger partial charge in [-0.1, -0.05) is 24.3 Å². The lowest BCUT2D eigenvalue weighted by atomic mass is 10.1. The van der Waals surface area contributed by atoms with Crippen molar-refractivity contribution >= 4 is 17.7 Å². The third-order valence-corrected chi connectivity index (χ3v) is 4.21. The summed E-state index contributed by atoms with van der Waals surface area (Å²) >= 11 is 0. The van der Waals surface area contributed by atoms with E-state index < -0.39 is 0 Å². The Hall–Kier alpha value is -2.09. The van der Waals surface area contributed by atoms with Gasteiger partial charge in [-0.25, -0.2) is 9.48 Å². The van der Waals surface area contributed by atoms with E-state index in [1.807, 2.05) is 0 Å². The standard InChI is InChI=1S/C19H23N2/c1-14-5-7-16(3)18(11-14)20-9-10-21(13-20)19-12-15(2)6-8-17(19)4/h5-8,11-13H,9-10H2,1-4H3/q+1. The van der Waals surface area contributed by atoms with Gasteiger partial charge in [0.05, 0.1) is 0 Å². The Balaban J connectivity index is 1.97. The van der Waals surface area contributed by atoms with Crippen LogP contribution in [0.25, 0.3) is 0 Å². The van der Waals surface area contributed by atoms with Crippen LogP contribution in [0.15, 0.2) is 36.4 Å². The van der Waals surface area contributed by atoms with Crippen molar-refractivity contribution in [1.29, 1.82) is 0 Å². The molecule has 0 bridgehead atoms. The van der Waals surface area contributed by atoms with Crippen molar-refractivity contribution in [3.05, 3.63) is 58.7 Å². The molecule has 2 heteroatoms. The number of benzene rings is 2. The molecule has 2 nitrogen and oxygen atoms in total. The number of nitrogens with zero attached hydrogens (tertiary/aromatic N) is 2. The summed E-state index contributed by atoms with van der Waals surface area (Å²) in [5, 5.41) is 0. The van der Waals surface area contributed by atoms with E-state index >= 15 is 0 Å². The lowest BCUT2D eigenvalue weighted by Crippen LogP contribution is -2.19. The number of hydrogen-bond donors (Lipinski definition) is 0. The molecular formula is C19H23N2+. The Morgan fingerprint density at radius 2 is 1.52 bits per heavy atom. The summed E-state index contributed by atoms with van der Waals surface area (Å²) < 4.78 is 2.37. The van der Waals surface area contributed by atoms with Crippen LogP contribution in [0.2, 0.25) is 0 Å². The van der Waals surface area contributed by atoms with Crippen molar-refractivity contribution in [2.75, 3.05) is 18.0 Å².